The predicted molar refractivity (Wildman–Crippen MR) is 123 cm³/mol. The van der Waals surface area contributed by atoms with Crippen LogP contribution in [0, 0.1) is 0 Å². The first kappa shape index (κ1) is 21.9. The Morgan fingerprint density at radius 2 is 1.97 bits per heavy atom. The van der Waals surface area contributed by atoms with Crippen molar-refractivity contribution in [3.05, 3.63) is 70.7 Å². The average Bonchev–Trinajstić information content (AvgIpc) is 3.27. The topological polar surface area (TPSA) is 80.5 Å². The Bertz CT molecular complexity index is 1140. The summed E-state index contributed by atoms with van der Waals surface area (Å²) in [5, 5.41) is 7.85. The molecule has 1 N–H and O–H groups in total. The number of carbonyl (C=O) groups excluding carboxylic acids is 1. The van der Waals surface area contributed by atoms with Gasteiger partial charge in [0.2, 0.25) is 5.82 Å². The molecule has 4 rings (SSSR count). The van der Waals surface area contributed by atoms with E-state index in [1.807, 2.05) is 57.2 Å². The number of hydrogen-bond acceptors (Lipinski definition) is 5. The van der Waals surface area contributed by atoms with Crippen LogP contribution in [0.5, 0.6) is 5.75 Å². The molecule has 0 saturated heterocycles. The lowest BCUT2D eigenvalue weighted by molar-refractivity contribution is 0.205. The van der Waals surface area contributed by atoms with E-state index in [0.717, 1.165) is 34.6 Å². The van der Waals surface area contributed by atoms with Gasteiger partial charge in [-0.05, 0) is 50.1 Å². The Kier molecular flexibility index (Phi) is 6.46. The number of rotatable bonds is 7. The van der Waals surface area contributed by atoms with Crippen LogP contribution in [0.1, 0.15) is 44.7 Å². The van der Waals surface area contributed by atoms with Crippen molar-refractivity contribution in [3.63, 3.8) is 0 Å². The van der Waals surface area contributed by atoms with E-state index < -0.39 is 6.04 Å². The van der Waals surface area contributed by atoms with E-state index in [2.05, 4.69) is 15.5 Å². The zero-order chi connectivity index (χ0) is 22.7. The third kappa shape index (κ3) is 4.34. The summed E-state index contributed by atoms with van der Waals surface area (Å²) >= 11 is 6.12. The second-order valence-electron chi connectivity index (χ2n) is 7.47. The van der Waals surface area contributed by atoms with Crippen molar-refractivity contribution in [2.75, 3.05) is 13.2 Å². The summed E-state index contributed by atoms with van der Waals surface area (Å²) in [7, 11) is 0. The number of amides is 2. The zero-order valence-corrected chi connectivity index (χ0v) is 19.0. The second kappa shape index (κ2) is 9.44. The Labute approximate surface area is 192 Å². The summed E-state index contributed by atoms with van der Waals surface area (Å²) < 4.78 is 11.2. The number of halogens is 1. The SMILES string of the molecule is CCCN1C(=O)NC(c2ccc(OCC)cc2)C(c2nc(-c3cccc(Cl)c3)no2)=C1C. The highest BCUT2D eigenvalue weighted by Crippen LogP contribution is 2.38. The molecule has 1 aliphatic rings. The largest absolute Gasteiger partial charge is 0.494 e. The van der Waals surface area contributed by atoms with Gasteiger partial charge in [0.05, 0.1) is 18.2 Å². The van der Waals surface area contributed by atoms with Gasteiger partial charge in [0.25, 0.3) is 5.89 Å². The number of urea groups is 1. The first-order chi connectivity index (χ1) is 15.5. The van der Waals surface area contributed by atoms with Gasteiger partial charge in [-0.3, -0.25) is 4.90 Å². The van der Waals surface area contributed by atoms with Crippen molar-refractivity contribution < 1.29 is 14.1 Å². The summed E-state index contributed by atoms with van der Waals surface area (Å²) in [4.78, 5) is 19.2. The van der Waals surface area contributed by atoms with Crippen LogP contribution in [-0.4, -0.2) is 34.2 Å². The summed E-state index contributed by atoms with van der Waals surface area (Å²) in [6, 6.07) is 14.4. The number of ether oxygens (including phenoxy) is 1. The van der Waals surface area contributed by atoms with E-state index in [9.17, 15) is 4.79 Å². The molecule has 0 radical (unpaired) electrons. The summed E-state index contributed by atoms with van der Waals surface area (Å²) in [5.41, 5.74) is 3.21. The van der Waals surface area contributed by atoms with Crippen LogP contribution >= 0.6 is 11.6 Å². The number of nitrogens with zero attached hydrogens (tertiary/aromatic N) is 3. The van der Waals surface area contributed by atoms with Crippen molar-refractivity contribution in [2.45, 2.75) is 33.2 Å². The van der Waals surface area contributed by atoms with Crippen LogP contribution in [0.4, 0.5) is 4.79 Å². The summed E-state index contributed by atoms with van der Waals surface area (Å²) in [6.07, 6.45) is 0.823. The molecule has 1 aromatic heterocycles. The van der Waals surface area contributed by atoms with E-state index in [-0.39, 0.29) is 6.03 Å². The first-order valence-corrected chi connectivity index (χ1v) is 11.0. The maximum atomic E-state index is 12.9. The fourth-order valence-electron chi connectivity index (χ4n) is 3.80. The van der Waals surface area contributed by atoms with Crippen molar-refractivity contribution in [3.8, 4) is 17.1 Å². The number of nitrogens with one attached hydrogen (secondary N) is 1. The second-order valence-corrected chi connectivity index (χ2v) is 7.91. The third-order valence-corrected chi connectivity index (χ3v) is 5.54. The lowest BCUT2D eigenvalue weighted by Gasteiger charge is -2.35. The van der Waals surface area contributed by atoms with Crippen molar-refractivity contribution >= 4 is 23.2 Å². The van der Waals surface area contributed by atoms with Gasteiger partial charge in [0.15, 0.2) is 0 Å². The van der Waals surface area contributed by atoms with Crippen molar-refractivity contribution in [1.29, 1.82) is 0 Å². The highest BCUT2D eigenvalue weighted by atomic mass is 35.5. The molecule has 2 aromatic carbocycles. The zero-order valence-electron chi connectivity index (χ0n) is 18.3. The highest BCUT2D eigenvalue weighted by Gasteiger charge is 2.35. The fraction of sp³-hybridized carbons (Fsp3) is 0.292. The maximum absolute atomic E-state index is 12.9. The Morgan fingerprint density at radius 3 is 2.66 bits per heavy atom. The number of benzene rings is 2. The number of aromatic nitrogens is 2. The molecule has 2 amide bonds. The van der Waals surface area contributed by atoms with Gasteiger partial charge < -0.3 is 14.6 Å². The van der Waals surface area contributed by atoms with E-state index >= 15 is 0 Å². The minimum absolute atomic E-state index is 0.151. The lowest BCUT2D eigenvalue weighted by Crippen LogP contribution is -2.46. The Balaban J connectivity index is 1.77. The van der Waals surface area contributed by atoms with Gasteiger partial charge in [0.1, 0.15) is 5.75 Å². The molecule has 0 aliphatic carbocycles. The molecule has 0 bridgehead atoms. The molecular weight excluding hydrogens is 428 g/mol. The van der Waals surface area contributed by atoms with Crippen LogP contribution < -0.4 is 10.1 Å². The lowest BCUT2D eigenvalue weighted by atomic mass is 9.94. The van der Waals surface area contributed by atoms with Gasteiger partial charge in [-0.25, -0.2) is 4.79 Å². The molecule has 7 nitrogen and oxygen atoms in total. The minimum Gasteiger partial charge on any atom is -0.494 e. The van der Waals surface area contributed by atoms with Crippen molar-refractivity contribution in [1.82, 2.24) is 20.4 Å². The molecule has 1 aliphatic heterocycles. The minimum atomic E-state index is -0.432. The van der Waals surface area contributed by atoms with E-state index in [0.29, 0.717) is 29.9 Å². The molecule has 3 aromatic rings. The molecule has 0 spiro atoms. The fourth-order valence-corrected chi connectivity index (χ4v) is 3.99. The smallest absolute Gasteiger partial charge is 0.322 e. The van der Waals surface area contributed by atoms with Crippen LogP contribution in [0.15, 0.2) is 58.8 Å². The molecule has 1 unspecified atom stereocenters. The van der Waals surface area contributed by atoms with E-state index in [1.165, 1.54) is 0 Å². The molecule has 166 valence electrons. The van der Waals surface area contributed by atoms with Gasteiger partial charge in [0, 0.05) is 22.8 Å². The van der Waals surface area contributed by atoms with Crippen LogP contribution in [0.2, 0.25) is 5.02 Å². The van der Waals surface area contributed by atoms with Crippen LogP contribution in [0.25, 0.3) is 17.0 Å². The van der Waals surface area contributed by atoms with Crippen LogP contribution in [0.3, 0.4) is 0 Å². The molecule has 2 heterocycles. The summed E-state index contributed by atoms with van der Waals surface area (Å²) in [5.74, 6) is 1.57. The van der Waals surface area contributed by atoms with Gasteiger partial charge in [-0.15, -0.1) is 0 Å². The maximum Gasteiger partial charge on any atom is 0.322 e. The van der Waals surface area contributed by atoms with E-state index in [4.69, 9.17) is 20.9 Å². The third-order valence-electron chi connectivity index (χ3n) is 5.31. The van der Waals surface area contributed by atoms with Crippen molar-refractivity contribution in [2.24, 2.45) is 0 Å². The predicted octanol–water partition coefficient (Wildman–Crippen LogP) is 5.70. The molecule has 32 heavy (non-hydrogen) atoms. The molecule has 8 heteroatoms. The summed E-state index contributed by atoms with van der Waals surface area (Å²) in [6.45, 7) is 7.06. The molecule has 1 atom stereocenters. The molecular formula is C24H25ClN4O3. The first-order valence-electron chi connectivity index (χ1n) is 10.6. The monoisotopic (exact) mass is 452 g/mol. The van der Waals surface area contributed by atoms with Gasteiger partial charge >= 0.3 is 6.03 Å². The van der Waals surface area contributed by atoms with Crippen LogP contribution in [-0.2, 0) is 0 Å². The number of allylic oxidation sites excluding steroid dienone is 1. The molecule has 0 fully saturated rings. The normalized spacial score (nSPS) is 16.3. The van der Waals surface area contributed by atoms with Gasteiger partial charge in [-0.1, -0.05) is 47.9 Å². The Morgan fingerprint density at radius 1 is 1.19 bits per heavy atom. The number of hydrogen-bond donors (Lipinski definition) is 1. The standard InChI is InChI=1S/C24H25ClN4O3/c1-4-13-29-15(3)20(23-27-22(28-32-23)17-7-6-8-18(25)14-17)21(26-24(29)30)16-9-11-19(12-10-16)31-5-2/h6-12,14,21H,4-5,13H2,1-3H3,(H,26,30). The highest BCUT2D eigenvalue weighted by molar-refractivity contribution is 6.30. The number of carbonyl (C=O) groups is 1. The quantitative estimate of drug-likeness (QED) is 0.497. The average molecular weight is 453 g/mol. The Hall–Kier alpha value is -3.32. The molecule has 0 saturated carbocycles. The van der Waals surface area contributed by atoms with Gasteiger partial charge in [-0.2, -0.15) is 4.98 Å². The van der Waals surface area contributed by atoms with E-state index in [1.54, 1.807) is 17.0 Å².